The average molecular weight is 448 g/mol. The van der Waals surface area contributed by atoms with Gasteiger partial charge in [-0.3, -0.25) is 9.59 Å². The number of amides is 2. The molecule has 1 aromatic carbocycles. The van der Waals surface area contributed by atoms with Crippen LogP contribution in [-0.2, 0) is 0 Å². The van der Waals surface area contributed by atoms with Crippen molar-refractivity contribution in [3.05, 3.63) is 63.9 Å². The first-order valence-corrected chi connectivity index (χ1v) is 9.72. The molecule has 2 N–H and O–H groups in total. The van der Waals surface area contributed by atoms with E-state index in [1.807, 2.05) is 13.8 Å². The van der Waals surface area contributed by atoms with Gasteiger partial charge in [0.2, 0.25) is 5.88 Å². The molecular weight excluding hydrogens is 429 g/mol. The monoisotopic (exact) mass is 447 g/mol. The molecular formula is C20H19Cl2N5O3. The maximum Gasteiger partial charge on any atom is 0.274 e. The number of nitrogens with zero attached hydrogens (tertiary/aromatic N) is 3. The first-order valence-electron chi connectivity index (χ1n) is 8.97. The van der Waals surface area contributed by atoms with Gasteiger partial charge in [-0.1, -0.05) is 23.2 Å². The second-order valence-electron chi connectivity index (χ2n) is 6.56. The van der Waals surface area contributed by atoms with Crippen LogP contribution in [0.2, 0.25) is 10.0 Å². The molecule has 8 nitrogen and oxygen atoms in total. The first kappa shape index (κ1) is 21.6. The SMILES string of the molecule is COc1cc(C(=O)Nc2ccc(Cl)cc2C(=O)NC(C)C)n(-c2ncccc2Cl)n1. The molecule has 0 atom stereocenters. The molecule has 0 fully saturated rings. The Hall–Kier alpha value is -3.10. The summed E-state index contributed by atoms with van der Waals surface area (Å²) >= 11 is 12.3. The summed E-state index contributed by atoms with van der Waals surface area (Å²) < 4.78 is 6.43. The third-order valence-corrected chi connectivity index (χ3v) is 4.49. The summed E-state index contributed by atoms with van der Waals surface area (Å²) in [5.41, 5.74) is 0.650. The van der Waals surface area contributed by atoms with Crippen LogP contribution in [-0.4, -0.2) is 39.7 Å². The van der Waals surface area contributed by atoms with Gasteiger partial charge in [0.25, 0.3) is 11.8 Å². The van der Waals surface area contributed by atoms with Gasteiger partial charge >= 0.3 is 0 Å². The van der Waals surface area contributed by atoms with E-state index in [-0.39, 0.29) is 34.9 Å². The summed E-state index contributed by atoms with van der Waals surface area (Å²) in [6.07, 6.45) is 1.53. The number of pyridine rings is 1. The topological polar surface area (TPSA) is 98.1 Å². The highest BCUT2D eigenvalue weighted by Gasteiger charge is 2.22. The molecule has 3 rings (SSSR count). The minimum Gasteiger partial charge on any atom is -0.480 e. The Morgan fingerprint density at radius 1 is 1.13 bits per heavy atom. The summed E-state index contributed by atoms with van der Waals surface area (Å²) in [6.45, 7) is 3.67. The zero-order valence-electron chi connectivity index (χ0n) is 16.4. The fourth-order valence-electron chi connectivity index (χ4n) is 2.66. The zero-order chi connectivity index (χ0) is 21.8. The van der Waals surface area contributed by atoms with Gasteiger partial charge in [0.05, 0.1) is 23.4 Å². The molecule has 3 aromatic rings. The highest BCUT2D eigenvalue weighted by atomic mass is 35.5. The second-order valence-corrected chi connectivity index (χ2v) is 7.41. The number of rotatable bonds is 6. The summed E-state index contributed by atoms with van der Waals surface area (Å²) in [5.74, 6) is -0.424. The van der Waals surface area contributed by atoms with Gasteiger partial charge in [0.1, 0.15) is 5.69 Å². The number of ether oxygens (including phenoxy) is 1. The van der Waals surface area contributed by atoms with Crippen LogP contribution in [0.3, 0.4) is 0 Å². The van der Waals surface area contributed by atoms with Crippen molar-refractivity contribution in [3.63, 3.8) is 0 Å². The lowest BCUT2D eigenvalue weighted by Crippen LogP contribution is -2.31. The van der Waals surface area contributed by atoms with Crippen molar-refractivity contribution >= 4 is 40.7 Å². The van der Waals surface area contributed by atoms with Crippen LogP contribution in [0, 0.1) is 0 Å². The Labute approximate surface area is 183 Å². The molecule has 156 valence electrons. The average Bonchev–Trinajstić information content (AvgIpc) is 3.13. The first-order chi connectivity index (χ1) is 14.3. The Kier molecular flexibility index (Phi) is 6.59. The number of benzene rings is 1. The third kappa shape index (κ3) is 4.72. The summed E-state index contributed by atoms with van der Waals surface area (Å²) in [7, 11) is 1.43. The fraction of sp³-hybridized carbons (Fsp3) is 0.200. The molecule has 10 heteroatoms. The second kappa shape index (κ2) is 9.15. The van der Waals surface area contributed by atoms with Crippen molar-refractivity contribution < 1.29 is 14.3 Å². The van der Waals surface area contributed by atoms with Gasteiger partial charge in [0, 0.05) is 23.3 Å². The molecule has 0 aliphatic heterocycles. The van der Waals surface area contributed by atoms with Crippen LogP contribution in [0.5, 0.6) is 5.88 Å². The molecule has 0 saturated heterocycles. The molecule has 2 amide bonds. The van der Waals surface area contributed by atoms with E-state index in [9.17, 15) is 9.59 Å². The van der Waals surface area contributed by atoms with E-state index in [0.29, 0.717) is 15.7 Å². The van der Waals surface area contributed by atoms with E-state index < -0.39 is 5.91 Å². The van der Waals surface area contributed by atoms with Crippen molar-refractivity contribution in [3.8, 4) is 11.7 Å². The zero-order valence-corrected chi connectivity index (χ0v) is 18.0. The smallest absolute Gasteiger partial charge is 0.274 e. The Morgan fingerprint density at radius 3 is 2.57 bits per heavy atom. The predicted molar refractivity (Wildman–Crippen MR) is 115 cm³/mol. The highest BCUT2D eigenvalue weighted by Crippen LogP contribution is 2.25. The molecule has 2 heterocycles. The fourth-order valence-corrected chi connectivity index (χ4v) is 3.03. The molecule has 30 heavy (non-hydrogen) atoms. The maximum absolute atomic E-state index is 13.1. The van der Waals surface area contributed by atoms with Crippen molar-refractivity contribution in [1.82, 2.24) is 20.1 Å². The van der Waals surface area contributed by atoms with Gasteiger partial charge < -0.3 is 15.4 Å². The predicted octanol–water partition coefficient (Wildman–Crippen LogP) is 3.97. The number of halogens is 2. The quantitative estimate of drug-likeness (QED) is 0.595. The van der Waals surface area contributed by atoms with E-state index >= 15 is 0 Å². The third-order valence-electron chi connectivity index (χ3n) is 3.96. The Balaban J connectivity index is 1.99. The lowest BCUT2D eigenvalue weighted by Gasteiger charge is -2.14. The van der Waals surface area contributed by atoms with Crippen molar-refractivity contribution in [2.75, 3.05) is 12.4 Å². The van der Waals surface area contributed by atoms with Gasteiger partial charge in [-0.25, -0.2) is 9.67 Å². The number of nitrogens with one attached hydrogen (secondary N) is 2. The minimum atomic E-state index is -0.534. The highest BCUT2D eigenvalue weighted by molar-refractivity contribution is 6.32. The number of methoxy groups -OCH3 is 1. The van der Waals surface area contributed by atoms with E-state index in [1.165, 1.54) is 30.1 Å². The number of hydrogen-bond donors (Lipinski definition) is 2. The lowest BCUT2D eigenvalue weighted by molar-refractivity contribution is 0.0944. The van der Waals surface area contributed by atoms with E-state index in [0.717, 1.165) is 0 Å². The molecule has 0 aliphatic rings. The van der Waals surface area contributed by atoms with Crippen molar-refractivity contribution in [2.45, 2.75) is 19.9 Å². The number of hydrogen-bond acceptors (Lipinski definition) is 5. The van der Waals surface area contributed by atoms with Gasteiger partial charge in [-0.2, -0.15) is 0 Å². The largest absolute Gasteiger partial charge is 0.480 e. The molecule has 0 spiro atoms. The van der Waals surface area contributed by atoms with Crippen LogP contribution in [0.1, 0.15) is 34.7 Å². The molecule has 0 aliphatic carbocycles. The van der Waals surface area contributed by atoms with Crippen LogP contribution >= 0.6 is 23.2 Å². The Morgan fingerprint density at radius 2 is 1.90 bits per heavy atom. The molecule has 0 unspecified atom stereocenters. The molecule has 0 radical (unpaired) electrons. The summed E-state index contributed by atoms with van der Waals surface area (Å²) in [6, 6.07) is 9.29. The van der Waals surface area contributed by atoms with Crippen LogP contribution in [0.15, 0.2) is 42.6 Å². The summed E-state index contributed by atoms with van der Waals surface area (Å²) in [4.78, 5) is 29.8. The maximum atomic E-state index is 13.1. The minimum absolute atomic E-state index is 0.0861. The Bertz CT molecular complexity index is 1100. The standard InChI is InChI=1S/C20H19Cl2N5O3/c1-11(2)24-19(28)13-9-12(21)6-7-15(13)25-20(29)16-10-17(30-3)26-27(16)18-14(22)5-4-8-23-18/h4-11H,1-3H3,(H,24,28)(H,25,29). The normalized spacial score (nSPS) is 10.7. The number of carbonyl (C=O) groups is 2. The van der Waals surface area contributed by atoms with Crippen LogP contribution in [0.25, 0.3) is 5.82 Å². The van der Waals surface area contributed by atoms with Crippen molar-refractivity contribution in [2.24, 2.45) is 0 Å². The molecule has 0 saturated carbocycles. The van der Waals surface area contributed by atoms with Gasteiger partial charge in [-0.15, -0.1) is 5.10 Å². The number of anilines is 1. The number of carbonyl (C=O) groups excluding carboxylic acids is 2. The van der Waals surface area contributed by atoms with Crippen LogP contribution < -0.4 is 15.4 Å². The van der Waals surface area contributed by atoms with Gasteiger partial charge in [0.15, 0.2) is 5.82 Å². The van der Waals surface area contributed by atoms with E-state index in [2.05, 4.69) is 20.7 Å². The van der Waals surface area contributed by atoms with Crippen molar-refractivity contribution in [1.29, 1.82) is 0 Å². The summed E-state index contributed by atoms with van der Waals surface area (Å²) in [5, 5.41) is 10.4. The van der Waals surface area contributed by atoms with E-state index in [1.54, 1.807) is 24.3 Å². The number of aromatic nitrogens is 3. The van der Waals surface area contributed by atoms with Gasteiger partial charge in [-0.05, 0) is 44.2 Å². The van der Waals surface area contributed by atoms with E-state index in [4.69, 9.17) is 27.9 Å². The lowest BCUT2D eigenvalue weighted by atomic mass is 10.1. The van der Waals surface area contributed by atoms with Crippen LogP contribution in [0.4, 0.5) is 5.69 Å². The molecule has 2 aromatic heterocycles. The molecule has 0 bridgehead atoms.